The van der Waals surface area contributed by atoms with Gasteiger partial charge in [0.05, 0.1) is 6.54 Å². The number of halogens is 3. The molecule has 3 nitrogen and oxygen atoms in total. The van der Waals surface area contributed by atoms with Crippen molar-refractivity contribution in [3.63, 3.8) is 0 Å². The molecule has 0 aliphatic heterocycles. The average Bonchev–Trinajstić information content (AvgIpc) is 2.45. The zero-order chi connectivity index (χ0) is 15.2. The van der Waals surface area contributed by atoms with Crippen LogP contribution in [0.2, 0.25) is 5.02 Å². The second-order valence-corrected chi connectivity index (χ2v) is 5.69. The molecule has 1 amide bonds. The first-order chi connectivity index (χ1) is 10.0. The van der Waals surface area contributed by atoms with Crippen LogP contribution in [0.25, 0.3) is 0 Å². The molecule has 2 aromatic rings. The van der Waals surface area contributed by atoms with E-state index in [1.54, 1.807) is 30.3 Å². The molecule has 0 spiro atoms. The quantitative estimate of drug-likeness (QED) is 0.835. The van der Waals surface area contributed by atoms with Gasteiger partial charge < -0.3 is 10.6 Å². The van der Waals surface area contributed by atoms with Crippen molar-refractivity contribution < 1.29 is 9.18 Å². The van der Waals surface area contributed by atoms with Crippen LogP contribution in [0.5, 0.6) is 0 Å². The monoisotopic (exact) mass is 370 g/mol. The minimum Gasteiger partial charge on any atom is -0.325 e. The third kappa shape index (κ3) is 5.12. The molecule has 2 N–H and O–H groups in total. The lowest BCUT2D eigenvalue weighted by Gasteiger charge is -2.08. The smallest absolute Gasteiger partial charge is 0.238 e. The highest BCUT2D eigenvalue weighted by molar-refractivity contribution is 9.10. The van der Waals surface area contributed by atoms with Crippen LogP contribution in [0.4, 0.5) is 10.1 Å². The van der Waals surface area contributed by atoms with Gasteiger partial charge in [-0.05, 0) is 48.0 Å². The normalized spacial score (nSPS) is 10.4. The summed E-state index contributed by atoms with van der Waals surface area (Å²) in [6.07, 6.45) is 0. The van der Waals surface area contributed by atoms with Crippen molar-refractivity contribution in [2.45, 2.75) is 6.54 Å². The fourth-order valence-electron chi connectivity index (χ4n) is 1.73. The number of carbonyl (C=O) groups excluding carboxylic acids is 1. The van der Waals surface area contributed by atoms with Gasteiger partial charge in [-0.15, -0.1) is 0 Å². The molecular weight excluding hydrogens is 359 g/mol. The first kappa shape index (κ1) is 15.9. The Bertz CT molecular complexity index is 634. The van der Waals surface area contributed by atoms with Crippen LogP contribution >= 0.6 is 27.5 Å². The SMILES string of the molecule is O=C(CNCc1cc(F)ccc1Br)Nc1ccc(Cl)cc1. The Morgan fingerprint density at radius 2 is 1.90 bits per heavy atom. The molecule has 0 aliphatic rings. The van der Waals surface area contributed by atoms with E-state index >= 15 is 0 Å². The predicted molar refractivity (Wildman–Crippen MR) is 85.9 cm³/mol. The molecule has 21 heavy (non-hydrogen) atoms. The molecule has 2 aromatic carbocycles. The van der Waals surface area contributed by atoms with Crippen LogP contribution in [0.15, 0.2) is 46.9 Å². The Hall–Kier alpha value is -1.43. The minimum absolute atomic E-state index is 0.131. The molecule has 0 aliphatic carbocycles. The van der Waals surface area contributed by atoms with Crippen LogP contribution in [-0.2, 0) is 11.3 Å². The Morgan fingerprint density at radius 3 is 2.62 bits per heavy atom. The fraction of sp³-hybridized carbons (Fsp3) is 0.133. The summed E-state index contributed by atoms with van der Waals surface area (Å²) in [5, 5.41) is 6.31. The first-order valence-electron chi connectivity index (χ1n) is 6.24. The maximum Gasteiger partial charge on any atom is 0.238 e. The van der Waals surface area contributed by atoms with Gasteiger partial charge in [0, 0.05) is 21.7 Å². The van der Waals surface area contributed by atoms with E-state index in [9.17, 15) is 9.18 Å². The van der Waals surface area contributed by atoms with Gasteiger partial charge in [0.15, 0.2) is 0 Å². The van der Waals surface area contributed by atoms with Gasteiger partial charge in [-0.25, -0.2) is 4.39 Å². The zero-order valence-electron chi connectivity index (χ0n) is 11.0. The molecule has 0 saturated heterocycles. The van der Waals surface area contributed by atoms with Gasteiger partial charge in [-0.3, -0.25) is 4.79 Å². The lowest BCUT2D eigenvalue weighted by molar-refractivity contribution is -0.115. The summed E-state index contributed by atoms with van der Waals surface area (Å²) in [5.41, 5.74) is 1.44. The number of amides is 1. The largest absolute Gasteiger partial charge is 0.325 e. The number of hydrogen-bond acceptors (Lipinski definition) is 2. The standard InChI is InChI=1S/C15H13BrClFN2O/c16-14-6-3-12(18)7-10(14)8-19-9-15(21)20-13-4-1-11(17)2-5-13/h1-7,19H,8-9H2,(H,20,21). The van der Waals surface area contributed by atoms with E-state index in [0.29, 0.717) is 17.3 Å². The van der Waals surface area contributed by atoms with Gasteiger partial charge in [0.1, 0.15) is 5.82 Å². The second-order valence-electron chi connectivity index (χ2n) is 4.39. The summed E-state index contributed by atoms with van der Waals surface area (Å²) in [6, 6.07) is 11.3. The molecule has 0 radical (unpaired) electrons. The van der Waals surface area contributed by atoms with E-state index in [-0.39, 0.29) is 18.3 Å². The average molecular weight is 372 g/mol. The molecule has 0 heterocycles. The van der Waals surface area contributed by atoms with E-state index in [4.69, 9.17) is 11.6 Å². The lowest BCUT2D eigenvalue weighted by Crippen LogP contribution is -2.27. The zero-order valence-corrected chi connectivity index (χ0v) is 13.3. The summed E-state index contributed by atoms with van der Waals surface area (Å²) < 4.78 is 13.9. The topological polar surface area (TPSA) is 41.1 Å². The molecule has 2 rings (SSSR count). The summed E-state index contributed by atoms with van der Waals surface area (Å²) in [7, 11) is 0. The van der Waals surface area contributed by atoms with Crippen molar-refractivity contribution in [3.8, 4) is 0 Å². The molecule has 0 unspecified atom stereocenters. The molecule has 6 heteroatoms. The number of carbonyl (C=O) groups is 1. The Morgan fingerprint density at radius 1 is 1.19 bits per heavy atom. The van der Waals surface area contributed by atoms with Gasteiger partial charge >= 0.3 is 0 Å². The highest BCUT2D eigenvalue weighted by atomic mass is 79.9. The van der Waals surface area contributed by atoms with Crippen molar-refractivity contribution in [2.75, 3.05) is 11.9 Å². The van der Waals surface area contributed by atoms with Crippen molar-refractivity contribution in [1.29, 1.82) is 0 Å². The van der Waals surface area contributed by atoms with E-state index < -0.39 is 0 Å². The fourth-order valence-corrected chi connectivity index (χ4v) is 2.24. The Balaban J connectivity index is 1.81. The molecule has 0 atom stereocenters. The van der Waals surface area contributed by atoms with E-state index in [2.05, 4.69) is 26.6 Å². The predicted octanol–water partition coefficient (Wildman–Crippen LogP) is 3.97. The molecule has 0 saturated carbocycles. The van der Waals surface area contributed by atoms with Gasteiger partial charge in [0.25, 0.3) is 0 Å². The van der Waals surface area contributed by atoms with Crippen molar-refractivity contribution in [2.24, 2.45) is 0 Å². The second kappa shape index (κ2) is 7.54. The highest BCUT2D eigenvalue weighted by Crippen LogP contribution is 2.17. The maximum absolute atomic E-state index is 13.1. The van der Waals surface area contributed by atoms with E-state index in [0.717, 1.165) is 10.0 Å². The summed E-state index contributed by atoms with van der Waals surface area (Å²) in [5.74, 6) is -0.481. The van der Waals surface area contributed by atoms with Crippen LogP contribution in [0, 0.1) is 5.82 Å². The maximum atomic E-state index is 13.1. The van der Waals surface area contributed by atoms with Crippen LogP contribution in [0.3, 0.4) is 0 Å². The van der Waals surface area contributed by atoms with Crippen molar-refractivity contribution >= 4 is 39.1 Å². The third-order valence-corrected chi connectivity index (χ3v) is 3.76. The number of anilines is 1. The lowest BCUT2D eigenvalue weighted by atomic mass is 10.2. The highest BCUT2D eigenvalue weighted by Gasteiger charge is 2.05. The van der Waals surface area contributed by atoms with Crippen LogP contribution < -0.4 is 10.6 Å². The first-order valence-corrected chi connectivity index (χ1v) is 7.42. The Labute approximate surface area is 135 Å². The molecule has 110 valence electrons. The van der Waals surface area contributed by atoms with Gasteiger partial charge in [-0.2, -0.15) is 0 Å². The number of hydrogen-bond donors (Lipinski definition) is 2. The van der Waals surface area contributed by atoms with Gasteiger partial charge in [0.2, 0.25) is 5.91 Å². The van der Waals surface area contributed by atoms with Gasteiger partial charge in [-0.1, -0.05) is 27.5 Å². The molecular formula is C15H13BrClFN2O. The van der Waals surface area contributed by atoms with E-state index in [1.807, 2.05) is 0 Å². The van der Waals surface area contributed by atoms with E-state index in [1.165, 1.54) is 12.1 Å². The summed E-state index contributed by atoms with van der Waals surface area (Å²) in [6.45, 7) is 0.526. The van der Waals surface area contributed by atoms with Crippen molar-refractivity contribution in [3.05, 3.63) is 63.3 Å². The molecule has 0 aromatic heterocycles. The van der Waals surface area contributed by atoms with Crippen LogP contribution in [0.1, 0.15) is 5.56 Å². The number of nitrogens with one attached hydrogen (secondary N) is 2. The minimum atomic E-state index is -0.305. The summed E-state index contributed by atoms with van der Waals surface area (Å²) >= 11 is 9.11. The molecule has 0 bridgehead atoms. The van der Waals surface area contributed by atoms with Crippen molar-refractivity contribution in [1.82, 2.24) is 5.32 Å². The number of benzene rings is 2. The summed E-state index contributed by atoms with van der Waals surface area (Å²) in [4.78, 5) is 11.7. The Kier molecular flexibility index (Phi) is 5.73. The number of rotatable bonds is 5. The van der Waals surface area contributed by atoms with Crippen LogP contribution in [-0.4, -0.2) is 12.5 Å². The third-order valence-electron chi connectivity index (χ3n) is 2.74. The molecule has 0 fully saturated rings.